The Morgan fingerprint density at radius 3 is 2.82 bits per heavy atom. The smallest absolute Gasteiger partial charge is 0.348 e. The molecule has 0 fully saturated rings. The van der Waals surface area contributed by atoms with Gasteiger partial charge in [0.15, 0.2) is 0 Å². The standard InChI is InChI=1S/C11H9NO4S/c1-6-4-7(5-16-6)10(13)12-8-2-3-17-9(8)11(14)15/h2-5H,1H3,(H,12,13)(H,14,15). The van der Waals surface area contributed by atoms with E-state index in [1.807, 2.05) is 0 Å². The van der Waals surface area contributed by atoms with Crippen LogP contribution in [-0.4, -0.2) is 17.0 Å². The molecule has 88 valence electrons. The number of carboxylic acids is 1. The quantitative estimate of drug-likeness (QED) is 0.878. The lowest BCUT2D eigenvalue weighted by atomic mass is 10.3. The van der Waals surface area contributed by atoms with Gasteiger partial charge in [-0.15, -0.1) is 11.3 Å². The molecule has 0 aliphatic rings. The number of furan rings is 1. The van der Waals surface area contributed by atoms with Gasteiger partial charge in [-0.3, -0.25) is 4.79 Å². The molecule has 2 heterocycles. The number of thiophene rings is 1. The molecular formula is C11H9NO4S. The molecule has 0 saturated heterocycles. The topological polar surface area (TPSA) is 79.5 Å². The summed E-state index contributed by atoms with van der Waals surface area (Å²) in [7, 11) is 0. The molecule has 2 aromatic rings. The molecule has 0 aliphatic heterocycles. The first-order valence-corrected chi connectivity index (χ1v) is 5.63. The average molecular weight is 251 g/mol. The van der Waals surface area contributed by atoms with Crippen LogP contribution in [-0.2, 0) is 0 Å². The highest BCUT2D eigenvalue weighted by molar-refractivity contribution is 7.12. The number of anilines is 1. The number of aryl methyl sites for hydroxylation is 1. The Labute approximate surface area is 101 Å². The number of hydrogen-bond donors (Lipinski definition) is 2. The Morgan fingerprint density at radius 1 is 1.47 bits per heavy atom. The molecule has 0 aromatic carbocycles. The van der Waals surface area contributed by atoms with Crippen molar-refractivity contribution in [2.75, 3.05) is 5.32 Å². The Morgan fingerprint density at radius 2 is 2.24 bits per heavy atom. The molecule has 1 amide bonds. The van der Waals surface area contributed by atoms with Gasteiger partial charge in [-0.25, -0.2) is 4.79 Å². The minimum Gasteiger partial charge on any atom is -0.477 e. The maximum absolute atomic E-state index is 11.7. The fraction of sp³-hybridized carbons (Fsp3) is 0.0909. The zero-order chi connectivity index (χ0) is 12.4. The second-order valence-corrected chi connectivity index (χ2v) is 4.28. The summed E-state index contributed by atoms with van der Waals surface area (Å²) in [5.74, 6) is -0.819. The fourth-order valence-electron chi connectivity index (χ4n) is 1.33. The molecule has 0 spiro atoms. The first-order valence-electron chi connectivity index (χ1n) is 4.75. The largest absolute Gasteiger partial charge is 0.477 e. The van der Waals surface area contributed by atoms with Crippen molar-refractivity contribution < 1.29 is 19.1 Å². The van der Waals surface area contributed by atoms with E-state index in [9.17, 15) is 9.59 Å². The van der Waals surface area contributed by atoms with Crippen LogP contribution in [0, 0.1) is 6.92 Å². The lowest BCUT2D eigenvalue weighted by Gasteiger charge is -2.01. The normalized spacial score (nSPS) is 10.2. The highest BCUT2D eigenvalue weighted by Gasteiger charge is 2.15. The van der Waals surface area contributed by atoms with E-state index in [-0.39, 0.29) is 10.8 Å². The minimum atomic E-state index is -1.06. The van der Waals surface area contributed by atoms with Gasteiger partial charge in [0.2, 0.25) is 0 Å². The number of nitrogens with one attached hydrogen (secondary N) is 1. The Balaban J connectivity index is 2.18. The van der Waals surface area contributed by atoms with Crippen molar-refractivity contribution in [2.45, 2.75) is 6.92 Å². The Kier molecular flexibility index (Phi) is 2.97. The first-order chi connectivity index (χ1) is 8.08. The number of amides is 1. The summed E-state index contributed by atoms with van der Waals surface area (Å²) in [5, 5.41) is 13.0. The third-order valence-electron chi connectivity index (χ3n) is 2.10. The fourth-order valence-corrected chi connectivity index (χ4v) is 2.02. The zero-order valence-electron chi connectivity index (χ0n) is 8.89. The van der Waals surface area contributed by atoms with Gasteiger partial charge in [0.05, 0.1) is 11.3 Å². The summed E-state index contributed by atoms with van der Waals surface area (Å²) < 4.78 is 5.01. The van der Waals surface area contributed by atoms with Crippen molar-refractivity contribution >= 4 is 28.9 Å². The van der Waals surface area contributed by atoms with Crippen LogP contribution < -0.4 is 5.32 Å². The van der Waals surface area contributed by atoms with Crippen LogP contribution in [0.4, 0.5) is 5.69 Å². The highest BCUT2D eigenvalue weighted by Crippen LogP contribution is 2.23. The summed E-state index contributed by atoms with van der Waals surface area (Å²) in [6.07, 6.45) is 1.33. The molecule has 0 bridgehead atoms. The van der Waals surface area contributed by atoms with Gasteiger partial charge in [0.25, 0.3) is 5.91 Å². The molecule has 0 aliphatic carbocycles. The Hall–Kier alpha value is -2.08. The number of carbonyl (C=O) groups excluding carboxylic acids is 1. The predicted molar refractivity (Wildman–Crippen MR) is 62.7 cm³/mol. The first kappa shape index (κ1) is 11.4. The van der Waals surface area contributed by atoms with E-state index in [0.29, 0.717) is 17.0 Å². The number of carboxylic acid groups (broad SMARTS) is 1. The SMILES string of the molecule is Cc1cc(C(=O)Nc2ccsc2C(=O)O)co1. The van der Waals surface area contributed by atoms with E-state index in [2.05, 4.69) is 5.32 Å². The molecule has 0 unspecified atom stereocenters. The molecule has 2 aromatic heterocycles. The van der Waals surface area contributed by atoms with E-state index < -0.39 is 5.97 Å². The summed E-state index contributed by atoms with van der Waals surface area (Å²) in [6.45, 7) is 1.73. The molecule has 6 heteroatoms. The van der Waals surface area contributed by atoms with Crippen LogP contribution in [0.1, 0.15) is 25.8 Å². The molecule has 2 rings (SSSR count). The van der Waals surface area contributed by atoms with Crippen LogP contribution in [0.25, 0.3) is 0 Å². The second-order valence-electron chi connectivity index (χ2n) is 3.37. The minimum absolute atomic E-state index is 0.110. The molecule has 5 nitrogen and oxygen atoms in total. The molecule has 0 saturated carbocycles. The summed E-state index contributed by atoms with van der Waals surface area (Å²) in [6, 6.07) is 3.14. The number of hydrogen-bond acceptors (Lipinski definition) is 4. The van der Waals surface area contributed by atoms with Gasteiger partial charge in [-0.05, 0) is 24.4 Å². The highest BCUT2D eigenvalue weighted by atomic mass is 32.1. The molecule has 0 radical (unpaired) electrons. The lowest BCUT2D eigenvalue weighted by Crippen LogP contribution is -2.12. The van der Waals surface area contributed by atoms with E-state index in [1.54, 1.807) is 24.4 Å². The number of aromatic carboxylic acids is 1. The van der Waals surface area contributed by atoms with Crippen molar-refractivity contribution in [3.05, 3.63) is 40.0 Å². The predicted octanol–water partition coefficient (Wildman–Crippen LogP) is 2.60. The van der Waals surface area contributed by atoms with Crippen LogP contribution in [0.15, 0.2) is 28.2 Å². The third kappa shape index (κ3) is 2.36. The van der Waals surface area contributed by atoms with Crippen LogP contribution in [0.3, 0.4) is 0 Å². The monoisotopic (exact) mass is 251 g/mol. The number of carbonyl (C=O) groups is 2. The van der Waals surface area contributed by atoms with Gasteiger partial charge < -0.3 is 14.8 Å². The van der Waals surface area contributed by atoms with Gasteiger partial charge in [0.1, 0.15) is 16.9 Å². The lowest BCUT2D eigenvalue weighted by molar-refractivity contribution is 0.0703. The third-order valence-corrected chi connectivity index (χ3v) is 3.00. The summed E-state index contributed by atoms with van der Waals surface area (Å²) in [5.41, 5.74) is 0.663. The van der Waals surface area contributed by atoms with Crippen LogP contribution in [0.2, 0.25) is 0 Å². The van der Waals surface area contributed by atoms with Crippen LogP contribution in [0.5, 0.6) is 0 Å². The average Bonchev–Trinajstić information content (AvgIpc) is 2.86. The van der Waals surface area contributed by atoms with Gasteiger partial charge in [0, 0.05) is 0 Å². The van der Waals surface area contributed by atoms with Crippen molar-refractivity contribution in [3.8, 4) is 0 Å². The number of rotatable bonds is 3. The van der Waals surface area contributed by atoms with E-state index in [4.69, 9.17) is 9.52 Å². The van der Waals surface area contributed by atoms with E-state index in [1.165, 1.54) is 6.26 Å². The second kappa shape index (κ2) is 4.42. The van der Waals surface area contributed by atoms with E-state index in [0.717, 1.165) is 11.3 Å². The summed E-state index contributed by atoms with van der Waals surface area (Å²) >= 11 is 1.06. The molecule has 0 atom stereocenters. The molecular weight excluding hydrogens is 242 g/mol. The van der Waals surface area contributed by atoms with Crippen molar-refractivity contribution in [3.63, 3.8) is 0 Å². The molecule has 2 N–H and O–H groups in total. The van der Waals surface area contributed by atoms with Gasteiger partial charge in [-0.2, -0.15) is 0 Å². The Bertz CT molecular complexity index is 570. The van der Waals surface area contributed by atoms with E-state index >= 15 is 0 Å². The van der Waals surface area contributed by atoms with Gasteiger partial charge in [-0.1, -0.05) is 0 Å². The molecule has 17 heavy (non-hydrogen) atoms. The van der Waals surface area contributed by atoms with Gasteiger partial charge >= 0.3 is 5.97 Å². The van der Waals surface area contributed by atoms with Crippen molar-refractivity contribution in [1.29, 1.82) is 0 Å². The van der Waals surface area contributed by atoms with Crippen LogP contribution >= 0.6 is 11.3 Å². The maximum Gasteiger partial charge on any atom is 0.348 e. The van der Waals surface area contributed by atoms with Crippen molar-refractivity contribution in [2.24, 2.45) is 0 Å². The summed E-state index contributed by atoms with van der Waals surface area (Å²) in [4.78, 5) is 22.7. The maximum atomic E-state index is 11.7. The van der Waals surface area contributed by atoms with Crippen molar-refractivity contribution in [1.82, 2.24) is 0 Å². The zero-order valence-corrected chi connectivity index (χ0v) is 9.71.